The van der Waals surface area contributed by atoms with Crippen molar-refractivity contribution >= 4 is 23.4 Å². The zero-order chi connectivity index (χ0) is 22.1. The summed E-state index contributed by atoms with van der Waals surface area (Å²) >= 11 is 5.90. The van der Waals surface area contributed by atoms with Gasteiger partial charge < -0.3 is 15.0 Å². The minimum Gasteiger partial charge on any atom is -0.484 e. The van der Waals surface area contributed by atoms with Crippen molar-refractivity contribution in [2.75, 3.05) is 6.61 Å². The minimum atomic E-state index is -0.570. The molecular weight excluding hydrogens is 400 g/mol. The first kappa shape index (κ1) is 23.7. The van der Waals surface area contributed by atoms with Gasteiger partial charge in [0.2, 0.25) is 5.91 Å². The Labute approximate surface area is 184 Å². The van der Waals surface area contributed by atoms with Crippen molar-refractivity contribution in [3.05, 3.63) is 64.7 Å². The van der Waals surface area contributed by atoms with E-state index in [0.717, 1.165) is 17.5 Å². The molecule has 1 N–H and O–H groups in total. The van der Waals surface area contributed by atoms with E-state index in [1.165, 1.54) is 0 Å². The molecule has 2 amide bonds. The average Bonchev–Trinajstić information content (AvgIpc) is 2.74. The van der Waals surface area contributed by atoms with Crippen LogP contribution in [0, 0.1) is 6.92 Å². The predicted molar refractivity (Wildman–Crippen MR) is 121 cm³/mol. The minimum absolute atomic E-state index is 0.0484. The molecular formula is C24H31ClN2O3. The lowest BCUT2D eigenvalue weighted by atomic mass is 10.1. The highest BCUT2D eigenvalue weighted by Gasteiger charge is 2.29. The van der Waals surface area contributed by atoms with E-state index in [0.29, 0.717) is 23.7 Å². The van der Waals surface area contributed by atoms with Crippen molar-refractivity contribution in [2.45, 2.75) is 59.2 Å². The van der Waals surface area contributed by atoms with Gasteiger partial charge in [0.05, 0.1) is 0 Å². The van der Waals surface area contributed by atoms with E-state index in [9.17, 15) is 9.59 Å². The van der Waals surface area contributed by atoms with Crippen LogP contribution >= 0.6 is 11.6 Å². The highest BCUT2D eigenvalue weighted by molar-refractivity contribution is 6.30. The average molecular weight is 431 g/mol. The number of amides is 2. The summed E-state index contributed by atoms with van der Waals surface area (Å²) in [6.07, 6.45) is 1.34. The number of ether oxygens (including phenoxy) is 1. The van der Waals surface area contributed by atoms with Crippen LogP contribution in [-0.4, -0.2) is 35.4 Å². The quantitative estimate of drug-likeness (QED) is 0.591. The summed E-state index contributed by atoms with van der Waals surface area (Å²) in [5.74, 6) is 0.181. The molecule has 0 aliphatic rings. The van der Waals surface area contributed by atoms with Crippen LogP contribution < -0.4 is 10.1 Å². The molecule has 0 spiro atoms. The van der Waals surface area contributed by atoms with Gasteiger partial charge in [-0.2, -0.15) is 0 Å². The van der Waals surface area contributed by atoms with Crippen LogP contribution in [-0.2, 0) is 16.1 Å². The Kier molecular flexibility index (Phi) is 9.18. The Morgan fingerprint density at radius 2 is 1.73 bits per heavy atom. The monoisotopic (exact) mass is 430 g/mol. The lowest BCUT2D eigenvalue weighted by Gasteiger charge is -2.31. The van der Waals surface area contributed by atoms with Gasteiger partial charge in [-0.05, 0) is 62.1 Å². The van der Waals surface area contributed by atoms with Crippen LogP contribution in [0.3, 0.4) is 0 Å². The maximum absolute atomic E-state index is 13.2. The number of carbonyl (C=O) groups is 2. The fraction of sp³-hybridized carbons (Fsp3) is 0.417. The second-order valence-electron chi connectivity index (χ2n) is 7.43. The van der Waals surface area contributed by atoms with Crippen molar-refractivity contribution < 1.29 is 14.3 Å². The van der Waals surface area contributed by atoms with E-state index >= 15 is 0 Å². The number of rotatable bonds is 10. The van der Waals surface area contributed by atoms with Crippen LogP contribution in [0.2, 0.25) is 5.02 Å². The number of halogens is 1. The van der Waals surface area contributed by atoms with Crippen molar-refractivity contribution in [3.63, 3.8) is 0 Å². The Bertz CT molecular complexity index is 839. The molecule has 0 bridgehead atoms. The third-order valence-electron chi connectivity index (χ3n) is 5.16. The van der Waals surface area contributed by atoms with Gasteiger partial charge in [-0.3, -0.25) is 9.59 Å². The number of aryl methyl sites for hydroxylation is 1. The number of hydrogen-bond donors (Lipinski definition) is 1. The Morgan fingerprint density at radius 3 is 2.33 bits per heavy atom. The van der Waals surface area contributed by atoms with Crippen LogP contribution in [0.1, 0.15) is 44.7 Å². The molecule has 2 aromatic rings. The first-order valence-electron chi connectivity index (χ1n) is 10.4. The van der Waals surface area contributed by atoms with E-state index in [-0.39, 0.29) is 24.5 Å². The molecule has 0 fully saturated rings. The Hall–Kier alpha value is -2.53. The first-order valence-corrected chi connectivity index (χ1v) is 10.8. The molecule has 0 aliphatic heterocycles. The summed E-state index contributed by atoms with van der Waals surface area (Å²) in [5, 5.41) is 3.61. The fourth-order valence-corrected chi connectivity index (χ4v) is 3.22. The number of benzene rings is 2. The summed E-state index contributed by atoms with van der Waals surface area (Å²) in [4.78, 5) is 27.7. The van der Waals surface area contributed by atoms with Crippen LogP contribution in [0.25, 0.3) is 0 Å². The third kappa shape index (κ3) is 6.77. The van der Waals surface area contributed by atoms with Gasteiger partial charge >= 0.3 is 0 Å². The maximum atomic E-state index is 13.2. The standard InChI is InChI=1S/C24H31ClN2O3/c1-5-18(4)26-24(29)22(6-2)27(15-19-10-8-7-9-17(19)3)23(28)16-30-21-13-11-20(25)12-14-21/h7-14,18,22H,5-6,15-16H2,1-4H3,(H,26,29)/t18-,22-/m1/s1. The van der Waals surface area contributed by atoms with Gasteiger partial charge in [-0.15, -0.1) is 0 Å². The molecule has 162 valence electrons. The SMILES string of the molecule is CC[C@@H](C)NC(=O)[C@@H](CC)N(Cc1ccccc1C)C(=O)COc1ccc(Cl)cc1. The summed E-state index contributed by atoms with van der Waals surface area (Å²) in [5.41, 5.74) is 2.08. The van der Waals surface area contributed by atoms with E-state index in [1.54, 1.807) is 29.2 Å². The summed E-state index contributed by atoms with van der Waals surface area (Å²) < 4.78 is 5.67. The van der Waals surface area contributed by atoms with Crippen LogP contribution in [0.4, 0.5) is 0 Å². The second kappa shape index (κ2) is 11.6. The number of carbonyl (C=O) groups excluding carboxylic acids is 2. The number of nitrogens with zero attached hydrogens (tertiary/aromatic N) is 1. The largest absolute Gasteiger partial charge is 0.484 e. The van der Waals surface area contributed by atoms with Crippen LogP contribution in [0.15, 0.2) is 48.5 Å². The zero-order valence-corrected chi connectivity index (χ0v) is 18.9. The molecule has 0 saturated heterocycles. The fourth-order valence-electron chi connectivity index (χ4n) is 3.09. The van der Waals surface area contributed by atoms with Gasteiger partial charge in [0.25, 0.3) is 5.91 Å². The van der Waals surface area contributed by atoms with Crippen LogP contribution in [0.5, 0.6) is 5.75 Å². The second-order valence-corrected chi connectivity index (χ2v) is 7.87. The molecule has 30 heavy (non-hydrogen) atoms. The van der Waals surface area contributed by atoms with Gasteiger partial charge in [-0.1, -0.05) is 49.7 Å². The van der Waals surface area contributed by atoms with E-state index < -0.39 is 6.04 Å². The molecule has 0 unspecified atom stereocenters. The molecule has 0 aromatic heterocycles. The smallest absolute Gasteiger partial charge is 0.261 e. The van der Waals surface area contributed by atoms with Gasteiger partial charge in [-0.25, -0.2) is 0 Å². The molecule has 2 atom stereocenters. The van der Waals surface area contributed by atoms with E-state index in [2.05, 4.69) is 5.32 Å². The lowest BCUT2D eigenvalue weighted by molar-refractivity contribution is -0.143. The maximum Gasteiger partial charge on any atom is 0.261 e. The van der Waals surface area contributed by atoms with Crippen molar-refractivity contribution in [2.24, 2.45) is 0 Å². The highest BCUT2D eigenvalue weighted by atomic mass is 35.5. The molecule has 0 saturated carbocycles. The van der Waals surface area contributed by atoms with Gasteiger partial charge in [0, 0.05) is 17.6 Å². The third-order valence-corrected chi connectivity index (χ3v) is 5.42. The molecule has 0 aliphatic carbocycles. The molecule has 6 heteroatoms. The molecule has 0 radical (unpaired) electrons. The van der Waals surface area contributed by atoms with Gasteiger partial charge in [0.1, 0.15) is 11.8 Å². The number of hydrogen-bond acceptors (Lipinski definition) is 3. The lowest BCUT2D eigenvalue weighted by Crippen LogP contribution is -2.51. The molecule has 0 heterocycles. The Morgan fingerprint density at radius 1 is 1.07 bits per heavy atom. The number of nitrogens with one attached hydrogen (secondary N) is 1. The van der Waals surface area contributed by atoms with E-state index in [4.69, 9.17) is 16.3 Å². The summed E-state index contributed by atoms with van der Waals surface area (Å²) in [7, 11) is 0. The first-order chi connectivity index (χ1) is 14.3. The Balaban J connectivity index is 2.21. The van der Waals surface area contributed by atoms with Gasteiger partial charge in [0.15, 0.2) is 6.61 Å². The summed E-state index contributed by atoms with van der Waals surface area (Å²) in [6, 6.07) is 14.2. The predicted octanol–water partition coefficient (Wildman–Crippen LogP) is 4.75. The van der Waals surface area contributed by atoms with Crippen molar-refractivity contribution in [3.8, 4) is 5.75 Å². The molecule has 5 nitrogen and oxygen atoms in total. The van der Waals surface area contributed by atoms with E-state index in [1.807, 2.05) is 52.0 Å². The topological polar surface area (TPSA) is 58.6 Å². The normalized spacial score (nSPS) is 12.7. The van der Waals surface area contributed by atoms with Crippen molar-refractivity contribution in [1.29, 1.82) is 0 Å². The molecule has 2 rings (SSSR count). The summed E-state index contributed by atoms with van der Waals surface area (Å²) in [6.45, 7) is 8.09. The van der Waals surface area contributed by atoms with Crippen molar-refractivity contribution in [1.82, 2.24) is 10.2 Å². The molecule has 2 aromatic carbocycles. The highest BCUT2D eigenvalue weighted by Crippen LogP contribution is 2.18. The zero-order valence-electron chi connectivity index (χ0n) is 18.2.